The average molecular weight is 328 g/mol. The van der Waals surface area contributed by atoms with Crippen molar-refractivity contribution in [3.63, 3.8) is 0 Å². The second-order valence-electron chi connectivity index (χ2n) is 6.73. The number of carbonyl (C=O) groups excluding carboxylic acids is 1. The molecule has 2 atom stereocenters. The number of aliphatic carboxylic acids is 1. The molecule has 0 saturated heterocycles. The summed E-state index contributed by atoms with van der Waals surface area (Å²) in [4.78, 5) is 11.4. The van der Waals surface area contributed by atoms with Crippen molar-refractivity contribution in [1.82, 2.24) is 0 Å². The summed E-state index contributed by atoms with van der Waals surface area (Å²) in [5, 5.41) is 21.8. The highest BCUT2D eigenvalue weighted by atomic mass is 16.4. The Morgan fingerprint density at radius 2 is 1.78 bits per heavy atom. The first-order valence-electron chi connectivity index (χ1n) is 9.29. The lowest BCUT2D eigenvalue weighted by molar-refractivity contribution is -0.933. The lowest BCUT2D eigenvalue weighted by Crippen LogP contribution is -2.57. The topological polar surface area (TPSA) is 60.4 Å². The van der Waals surface area contributed by atoms with E-state index in [1.165, 1.54) is 0 Å². The Morgan fingerprint density at radius 1 is 1.17 bits per heavy atom. The Bertz CT molecular complexity index is 336. The largest absolute Gasteiger partial charge is 0.550 e. The van der Waals surface area contributed by atoms with Gasteiger partial charge < -0.3 is 19.5 Å². The standard InChI is InChI=1S/C19H37NO3/c1-5-9-10-11-12-18(21)16-20(13-6-2,14-7-3)15-17(8-4)19(22)23/h5,9,17-18,21H,6-8,10-16H2,1-4H3/b9-5+. The Balaban J connectivity index is 4.90. The third-order valence-electron chi connectivity index (χ3n) is 4.57. The van der Waals surface area contributed by atoms with Crippen LogP contribution in [0.4, 0.5) is 0 Å². The highest BCUT2D eigenvalue weighted by molar-refractivity contribution is 5.67. The van der Waals surface area contributed by atoms with Gasteiger partial charge in [-0.05, 0) is 45.4 Å². The monoisotopic (exact) mass is 327 g/mol. The summed E-state index contributed by atoms with van der Waals surface area (Å²) < 4.78 is 0.699. The number of quaternary nitrogens is 1. The summed E-state index contributed by atoms with van der Waals surface area (Å²) >= 11 is 0. The second kappa shape index (κ2) is 12.5. The molecule has 0 saturated carbocycles. The van der Waals surface area contributed by atoms with Crippen molar-refractivity contribution in [1.29, 1.82) is 0 Å². The van der Waals surface area contributed by atoms with E-state index < -0.39 is 11.9 Å². The van der Waals surface area contributed by atoms with Crippen LogP contribution in [0.15, 0.2) is 12.2 Å². The third kappa shape index (κ3) is 9.11. The number of carboxylic acid groups (broad SMARTS) is 1. The number of unbranched alkanes of at least 4 members (excludes halogenated alkanes) is 1. The molecule has 0 fully saturated rings. The molecule has 0 heterocycles. The normalized spacial score (nSPS) is 15.0. The second-order valence-corrected chi connectivity index (χ2v) is 6.73. The number of hydrogen-bond donors (Lipinski definition) is 1. The van der Waals surface area contributed by atoms with Gasteiger partial charge in [0.25, 0.3) is 0 Å². The van der Waals surface area contributed by atoms with Crippen molar-refractivity contribution < 1.29 is 19.5 Å². The molecule has 0 spiro atoms. The molecular formula is C19H37NO3. The van der Waals surface area contributed by atoms with E-state index in [0.717, 1.165) is 45.2 Å². The molecule has 136 valence electrons. The van der Waals surface area contributed by atoms with Gasteiger partial charge in [-0.2, -0.15) is 0 Å². The molecule has 0 amide bonds. The lowest BCUT2D eigenvalue weighted by Gasteiger charge is -2.42. The van der Waals surface area contributed by atoms with Gasteiger partial charge in [-0.25, -0.2) is 0 Å². The summed E-state index contributed by atoms with van der Waals surface area (Å²) in [6, 6.07) is 0. The van der Waals surface area contributed by atoms with Crippen LogP contribution in [-0.4, -0.2) is 47.8 Å². The number of aliphatic hydroxyl groups is 1. The molecule has 0 aliphatic rings. The number of rotatable bonds is 14. The molecule has 0 radical (unpaired) electrons. The Labute approximate surface area is 142 Å². The maximum atomic E-state index is 11.4. The van der Waals surface area contributed by atoms with Crippen LogP contribution in [0.25, 0.3) is 0 Å². The Hall–Kier alpha value is -0.870. The van der Waals surface area contributed by atoms with Crippen molar-refractivity contribution in [3.05, 3.63) is 12.2 Å². The highest BCUT2D eigenvalue weighted by Gasteiger charge is 2.32. The molecule has 0 bridgehead atoms. The van der Waals surface area contributed by atoms with E-state index >= 15 is 0 Å². The minimum Gasteiger partial charge on any atom is -0.550 e. The lowest BCUT2D eigenvalue weighted by atomic mass is 10.0. The number of carboxylic acids is 1. The van der Waals surface area contributed by atoms with Gasteiger partial charge in [0.05, 0.1) is 25.6 Å². The first kappa shape index (κ1) is 22.1. The zero-order valence-electron chi connectivity index (χ0n) is 15.6. The van der Waals surface area contributed by atoms with Gasteiger partial charge in [0, 0.05) is 5.92 Å². The first-order chi connectivity index (χ1) is 10.9. The van der Waals surface area contributed by atoms with Gasteiger partial charge in [-0.15, -0.1) is 0 Å². The smallest absolute Gasteiger partial charge is 0.105 e. The molecule has 0 aliphatic carbocycles. The van der Waals surface area contributed by atoms with Gasteiger partial charge in [0.1, 0.15) is 12.6 Å². The molecule has 0 aromatic heterocycles. The zero-order valence-corrected chi connectivity index (χ0v) is 15.6. The van der Waals surface area contributed by atoms with E-state index in [0.29, 0.717) is 24.0 Å². The Morgan fingerprint density at radius 3 is 2.22 bits per heavy atom. The average Bonchev–Trinajstić information content (AvgIpc) is 2.49. The fraction of sp³-hybridized carbons (Fsp3) is 0.842. The molecule has 0 aliphatic heterocycles. The van der Waals surface area contributed by atoms with Crippen LogP contribution in [0, 0.1) is 5.92 Å². The van der Waals surface area contributed by atoms with E-state index in [1.54, 1.807) is 0 Å². The van der Waals surface area contributed by atoms with E-state index in [9.17, 15) is 15.0 Å². The minimum absolute atomic E-state index is 0.363. The highest BCUT2D eigenvalue weighted by Crippen LogP contribution is 2.19. The molecule has 4 nitrogen and oxygen atoms in total. The van der Waals surface area contributed by atoms with Gasteiger partial charge in [-0.3, -0.25) is 0 Å². The van der Waals surface area contributed by atoms with E-state index in [-0.39, 0.29) is 6.10 Å². The fourth-order valence-corrected chi connectivity index (χ4v) is 3.51. The molecule has 4 heteroatoms. The quantitative estimate of drug-likeness (QED) is 0.303. The predicted octanol–water partition coefficient (Wildman–Crippen LogP) is 2.51. The van der Waals surface area contributed by atoms with E-state index in [1.807, 2.05) is 19.9 Å². The molecule has 0 aromatic carbocycles. The van der Waals surface area contributed by atoms with Gasteiger partial charge in [0.2, 0.25) is 0 Å². The van der Waals surface area contributed by atoms with Crippen molar-refractivity contribution >= 4 is 5.97 Å². The number of nitrogens with zero attached hydrogens (tertiary/aromatic N) is 1. The molecule has 0 rings (SSSR count). The predicted molar refractivity (Wildman–Crippen MR) is 93.8 cm³/mol. The van der Waals surface area contributed by atoms with E-state index in [2.05, 4.69) is 19.9 Å². The molecule has 0 aromatic rings. The molecule has 2 unspecified atom stereocenters. The third-order valence-corrected chi connectivity index (χ3v) is 4.57. The van der Waals surface area contributed by atoms with Crippen molar-refractivity contribution in [2.24, 2.45) is 5.92 Å². The van der Waals surface area contributed by atoms with Crippen molar-refractivity contribution in [2.45, 2.75) is 72.3 Å². The van der Waals surface area contributed by atoms with E-state index in [4.69, 9.17) is 0 Å². The Kier molecular flexibility index (Phi) is 12.1. The van der Waals surface area contributed by atoms with Crippen LogP contribution < -0.4 is 5.11 Å². The molecular weight excluding hydrogens is 290 g/mol. The van der Waals surface area contributed by atoms with Crippen LogP contribution in [0.5, 0.6) is 0 Å². The summed E-state index contributed by atoms with van der Waals surface area (Å²) in [5.74, 6) is -1.38. The SMILES string of the molecule is C/C=C/CCCC(O)C[N+](CCC)(CCC)CC(CC)C(=O)[O-]. The molecule has 1 N–H and O–H groups in total. The summed E-state index contributed by atoms with van der Waals surface area (Å²) in [6.45, 7) is 11.2. The van der Waals surface area contributed by atoms with Crippen LogP contribution >= 0.6 is 0 Å². The molecule has 23 heavy (non-hydrogen) atoms. The summed E-state index contributed by atoms with van der Waals surface area (Å²) in [7, 11) is 0. The summed E-state index contributed by atoms with van der Waals surface area (Å²) in [6.07, 6.45) is 9.12. The van der Waals surface area contributed by atoms with Gasteiger partial charge in [-0.1, -0.05) is 32.9 Å². The van der Waals surface area contributed by atoms with Crippen LogP contribution in [0.2, 0.25) is 0 Å². The van der Waals surface area contributed by atoms with Crippen LogP contribution in [0.3, 0.4) is 0 Å². The maximum absolute atomic E-state index is 11.4. The van der Waals surface area contributed by atoms with Crippen molar-refractivity contribution in [2.75, 3.05) is 26.2 Å². The fourth-order valence-electron chi connectivity index (χ4n) is 3.51. The number of carbonyl (C=O) groups is 1. The number of hydrogen-bond acceptors (Lipinski definition) is 3. The zero-order chi connectivity index (χ0) is 17.7. The van der Waals surface area contributed by atoms with Crippen LogP contribution in [0.1, 0.15) is 66.2 Å². The van der Waals surface area contributed by atoms with Gasteiger partial charge >= 0.3 is 0 Å². The first-order valence-corrected chi connectivity index (χ1v) is 9.29. The van der Waals surface area contributed by atoms with Crippen LogP contribution in [-0.2, 0) is 4.79 Å². The van der Waals surface area contributed by atoms with Crippen molar-refractivity contribution in [3.8, 4) is 0 Å². The maximum Gasteiger partial charge on any atom is 0.105 e. The number of allylic oxidation sites excluding steroid dienone is 2. The minimum atomic E-state index is -0.954. The number of aliphatic hydroxyl groups excluding tert-OH is 1. The summed E-state index contributed by atoms with van der Waals surface area (Å²) in [5.41, 5.74) is 0. The van der Waals surface area contributed by atoms with Gasteiger partial charge in [0.15, 0.2) is 0 Å².